The summed E-state index contributed by atoms with van der Waals surface area (Å²) in [5, 5.41) is 19.1. The molecule has 0 fully saturated rings. The molecule has 4 aromatic carbocycles. The van der Waals surface area contributed by atoms with Crippen LogP contribution in [0.15, 0.2) is 97.1 Å². The number of nitrogens with one attached hydrogen (secondary N) is 4. The van der Waals surface area contributed by atoms with E-state index in [0.717, 1.165) is 93.8 Å². The molecule has 8 heteroatoms. The third-order valence-corrected chi connectivity index (χ3v) is 7.82. The number of thiocarbonyl (C=S) groups is 2. The molecule has 0 bridgehead atoms. The van der Waals surface area contributed by atoms with E-state index in [2.05, 4.69) is 45.5 Å². The van der Waals surface area contributed by atoms with Crippen LogP contribution in [0.5, 0.6) is 0 Å². The van der Waals surface area contributed by atoms with Gasteiger partial charge in [0.05, 0.1) is 33.4 Å². The van der Waals surface area contributed by atoms with Gasteiger partial charge in [0.15, 0.2) is 10.2 Å². The predicted molar refractivity (Wildman–Crippen MR) is 185 cm³/mol. The Hall–Kier alpha value is -4.40. The molecule has 0 radical (unpaired) electrons. The standard InChI is InChI=1S/C34H32N6S2/c41-33(39-31-23-13-3-7-17-27(23)37-28-18-8-4-14-24(28)31)35-21-11-1-2-12-22-36-34(42)40-32-25-15-5-9-19-29(25)38-30-20-10-6-16-26(30)32/h3-10,13-20H,1-2,11-12,21-22H2,(H2,35,37,39,41)(H2,36,38,40,42). The van der Waals surface area contributed by atoms with Crippen LogP contribution in [0.2, 0.25) is 0 Å². The monoisotopic (exact) mass is 588 g/mol. The Morgan fingerprint density at radius 2 is 0.762 bits per heavy atom. The average Bonchev–Trinajstić information content (AvgIpc) is 3.02. The Labute approximate surface area is 255 Å². The molecular weight excluding hydrogens is 557 g/mol. The summed E-state index contributed by atoms with van der Waals surface area (Å²) in [5.41, 5.74) is 5.80. The minimum Gasteiger partial charge on any atom is -0.362 e. The first-order valence-electron chi connectivity index (χ1n) is 14.3. The molecule has 0 aliphatic carbocycles. The van der Waals surface area contributed by atoms with Crippen molar-refractivity contribution in [1.29, 1.82) is 0 Å². The summed E-state index contributed by atoms with van der Waals surface area (Å²) in [5.74, 6) is 0. The second kappa shape index (κ2) is 13.1. The summed E-state index contributed by atoms with van der Waals surface area (Å²) >= 11 is 11.3. The highest BCUT2D eigenvalue weighted by Gasteiger charge is 2.11. The number of unbranched alkanes of at least 4 members (excludes halogenated alkanes) is 3. The summed E-state index contributed by atoms with van der Waals surface area (Å²) in [6.07, 6.45) is 4.30. The summed E-state index contributed by atoms with van der Waals surface area (Å²) in [4.78, 5) is 9.58. The molecule has 6 nitrogen and oxygen atoms in total. The second-order valence-electron chi connectivity index (χ2n) is 10.2. The molecule has 0 unspecified atom stereocenters. The van der Waals surface area contributed by atoms with Crippen molar-refractivity contribution in [3.63, 3.8) is 0 Å². The summed E-state index contributed by atoms with van der Waals surface area (Å²) < 4.78 is 0. The van der Waals surface area contributed by atoms with Gasteiger partial charge in [0.1, 0.15) is 0 Å². The lowest BCUT2D eigenvalue weighted by Crippen LogP contribution is -2.30. The number of hydrogen-bond donors (Lipinski definition) is 4. The first-order chi connectivity index (χ1) is 20.7. The van der Waals surface area contributed by atoms with Gasteiger partial charge in [-0.3, -0.25) is 0 Å². The topological polar surface area (TPSA) is 73.9 Å². The van der Waals surface area contributed by atoms with Crippen LogP contribution in [0, 0.1) is 0 Å². The van der Waals surface area contributed by atoms with E-state index in [-0.39, 0.29) is 0 Å². The average molecular weight is 589 g/mol. The zero-order valence-electron chi connectivity index (χ0n) is 23.2. The molecule has 0 spiro atoms. The highest BCUT2D eigenvalue weighted by atomic mass is 32.1. The van der Waals surface area contributed by atoms with Gasteiger partial charge in [-0.25, -0.2) is 9.97 Å². The van der Waals surface area contributed by atoms with Gasteiger partial charge in [0, 0.05) is 34.6 Å². The SMILES string of the molecule is S=C(NCCCCCCNC(=S)Nc1c2ccccc2nc2ccccc12)Nc1c2ccccc2nc2ccccc12. The number of rotatable bonds is 9. The van der Waals surface area contributed by atoms with E-state index in [1.807, 2.05) is 72.8 Å². The van der Waals surface area contributed by atoms with Crippen molar-refractivity contribution in [3.8, 4) is 0 Å². The lowest BCUT2D eigenvalue weighted by molar-refractivity contribution is 0.625. The first-order valence-corrected chi connectivity index (χ1v) is 15.1. The van der Waals surface area contributed by atoms with Gasteiger partial charge < -0.3 is 21.3 Å². The van der Waals surface area contributed by atoms with Crippen molar-refractivity contribution >= 4 is 89.6 Å². The zero-order valence-corrected chi connectivity index (χ0v) is 24.8. The van der Waals surface area contributed by atoms with Crippen LogP contribution < -0.4 is 21.3 Å². The van der Waals surface area contributed by atoms with E-state index in [9.17, 15) is 0 Å². The number of fused-ring (bicyclic) bond motifs is 4. The quantitative estimate of drug-likeness (QED) is 0.0771. The van der Waals surface area contributed by atoms with Gasteiger partial charge in [-0.05, 0) is 61.5 Å². The van der Waals surface area contributed by atoms with E-state index in [4.69, 9.17) is 34.4 Å². The molecule has 6 rings (SSSR count). The van der Waals surface area contributed by atoms with Crippen molar-refractivity contribution in [3.05, 3.63) is 97.1 Å². The summed E-state index contributed by atoms with van der Waals surface area (Å²) in [6, 6.07) is 32.6. The largest absolute Gasteiger partial charge is 0.362 e. The van der Waals surface area contributed by atoms with Crippen molar-refractivity contribution in [2.45, 2.75) is 25.7 Å². The molecule has 2 heterocycles. The molecule has 6 aromatic rings. The fourth-order valence-corrected chi connectivity index (χ4v) is 5.68. The maximum atomic E-state index is 5.64. The Morgan fingerprint density at radius 3 is 1.10 bits per heavy atom. The number of pyridine rings is 2. The van der Waals surface area contributed by atoms with Gasteiger partial charge in [-0.1, -0.05) is 85.6 Å². The smallest absolute Gasteiger partial charge is 0.170 e. The van der Waals surface area contributed by atoms with E-state index < -0.39 is 0 Å². The highest BCUT2D eigenvalue weighted by molar-refractivity contribution is 7.80. The molecule has 2 aromatic heterocycles. The number of nitrogens with zero attached hydrogens (tertiary/aromatic N) is 2. The Kier molecular flexibility index (Phi) is 8.63. The molecule has 0 atom stereocenters. The Morgan fingerprint density at radius 1 is 0.452 bits per heavy atom. The molecule has 0 amide bonds. The Bertz CT molecular complexity index is 1660. The molecule has 210 valence electrons. The number of aromatic nitrogens is 2. The lowest BCUT2D eigenvalue weighted by atomic mass is 10.1. The van der Waals surface area contributed by atoms with E-state index >= 15 is 0 Å². The van der Waals surface area contributed by atoms with Crippen LogP contribution in [0.4, 0.5) is 11.4 Å². The minimum absolute atomic E-state index is 0.630. The second-order valence-corrected chi connectivity index (χ2v) is 11.0. The van der Waals surface area contributed by atoms with Crippen LogP contribution in [0.1, 0.15) is 25.7 Å². The number of anilines is 2. The predicted octanol–water partition coefficient (Wildman–Crippen LogP) is 7.92. The molecule has 4 N–H and O–H groups in total. The highest BCUT2D eigenvalue weighted by Crippen LogP contribution is 2.31. The Balaban J connectivity index is 0.942. The molecule has 0 saturated carbocycles. The minimum atomic E-state index is 0.630. The van der Waals surface area contributed by atoms with Gasteiger partial charge in [-0.15, -0.1) is 0 Å². The number of para-hydroxylation sites is 4. The zero-order chi connectivity index (χ0) is 28.7. The van der Waals surface area contributed by atoms with Crippen molar-refractivity contribution < 1.29 is 0 Å². The van der Waals surface area contributed by atoms with Crippen LogP contribution in [0.3, 0.4) is 0 Å². The maximum Gasteiger partial charge on any atom is 0.170 e. The molecular formula is C34H32N6S2. The first kappa shape index (κ1) is 27.8. The fourth-order valence-electron chi connectivity index (χ4n) is 5.27. The third-order valence-electron chi connectivity index (χ3n) is 7.33. The third kappa shape index (κ3) is 6.25. The molecule has 42 heavy (non-hydrogen) atoms. The summed E-state index contributed by atoms with van der Waals surface area (Å²) in [6.45, 7) is 1.64. The van der Waals surface area contributed by atoms with Crippen LogP contribution in [-0.2, 0) is 0 Å². The van der Waals surface area contributed by atoms with E-state index in [1.165, 1.54) is 0 Å². The lowest BCUT2D eigenvalue weighted by Gasteiger charge is -2.15. The fraction of sp³-hybridized carbons (Fsp3) is 0.176. The molecule has 0 saturated heterocycles. The van der Waals surface area contributed by atoms with E-state index in [0.29, 0.717) is 10.2 Å². The molecule has 0 aliphatic heterocycles. The summed E-state index contributed by atoms with van der Waals surface area (Å²) in [7, 11) is 0. The normalized spacial score (nSPS) is 11.1. The van der Waals surface area contributed by atoms with Gasteiger partial charge >= 0.3 is 0 Å². The van der Waals surface area contributed by atoms with Crippen LogP contribution in [-0.4, -0.2) is 33.3 Å². The van der Waals surface area contributed by atoms with Gasteiger partial charge in [0.2, 0.25) is 0 Å². The van der Waals surface area contributed by atoms with Crippen molar-refractivity contribution in [2.24, 2.45) is 0 Å². The van der Waals surface area contributed by atoms with E-state index in [1.54, 1.807) is 0 Å². The number of benzene rings is 4. The van der Waals surface area contributed by atoms with Crippen LogP contribution >= 0.6 is 24.4 Å². The van der Waals surface area contributed by atoms with Gasteiger partial charge in [0.25, 0.3) is 0 Å². The number of hydrogen-bond acceptors (Lipinski definition) is 4. The van der Waals surface area contributed by atoms with Crippen molar-refractivity contribution in [2.75, 3.05) is 23.7 Å². The van der Waals surface area contributed by atoms with Gasteiger partial charge in [-0.2, -0.15) is 0 Å². The van der Waals surface area contributed by atoms with Crippen LogP contribution in [0.25, 0.3) is 43.6 Å². The molecule has 0 aliphatic rings. The van der Waals surface area contributed by atoms with Crippen molar-refractivity contribution in [1.82, 2.24) is 20.6 Å². The maximum absolute atomic E-state index is 5.64.